The van der Waals surface area contributed by atoms with E-state index < -0.39 is 17.6 Å². The van der Waals surface area contributed by atoms with Crippen molar-refractivity contribution >= 4 is 11.9 Å². The lowest BCUT2D eigenvalue weighted by Gasteiger charge is -2.11. The summed E-state index contributed by atoms with van der Waals surface area (Å²) in [7, 11) is 1.31. The molecule has 26 heavy (non-hydrogen) atoms. The zero-order chi connectivity index (χ0) is 19.1. The molecule has 1 atom stereocenters. The summed E-state index contributed by atoms with van der Waals surface area (Å²) in [4.78, 5) is 23.3. The van der Waals surface area contributed by atoms with Crippen LogP contribution in [-0.2, 0) is 16.1 Å². The average Bonchev–Trinajstić information content (AvgIpc) is 2.66. The molecule has 0 saturated carbocycles. The average molecular weight is 363 g/mol. The lowest BCUT2D eigenvalue weighted by Crippen LogP contribution is -2.87. The molecule has 0 spiro atoms. The number of esters is 1. The third-order valence-electron chi connectivity index (χ3n) is 3.99. The third-order valence-corrected chi connectivity index (χ3v) is 3.99. The van der Waals surface area contributed by atoms with Crippen molar-refractivity contribution in [3.05, 3.63) is 70.8 Å². The van der Waals surface area contributed by atoms with Gasteiger partial charge in [0.25, 0.3) is 5.91 Å². The maximum Gasteiger partial charge on any atom is 0.337 e. The summed E-state index contributed by atoms with van der Waals surface area (Å²) in [5, 5.41) is 4.51. The van der Waals surface area contributed by atoms with E-state index in [0.29, 0.717) is 17.7 Å². The number of hydrogen-bond donors (Lipinski definition) is 2. The minimum atomic E-state index is -0.900. The van der Waals surface area contributed by atoms with Gasteiger partial charge in [0, 0.05) is 12.1 Å². The minimum Gasteiger partial charge on any atom is -0.465 e. The Kier molecular flexibility index (Phi) is 6.80. The molecule has 0 aliphatic heterocycles. The fraction of sp³-hybridized carbons (Fsp3) is 0.263. The number of ether oxygens (including phenoxy) is 1. The highest BCUT2D eigenvalue weighted by Gasteiger charge is 2.14. The van der Waals surface area contributed by atoms with Gasteiger partial charge < -0.3 is 15.4 Å². The molecule has 0 fully saturated rings. The zero-order valence-electron chi connectivity index (χ0n) is 14.6. The molecule has 0 bridgehead atoms. The summed E-state index contributed by atoms with van der Waals surface area (Å²) in [6.07, 6.45) is 0. The number of methoxy groups -OCH3 is 1. The number of hydrogen-bond acceptors (Lipinski definition) is 3. The van der Waals surface area contributed by atoms with Crippen molar-refractivity contribution < 1.29 is 28.4 Å². The molecule has 0 heterocycles. The number of quaternary nitrogens is 1. The highest BCUT2D eigenvalue weighted by molar-refractivity contribution is 5.89. The SMILES string of the molecule is COC(=O)c1ccc(CNC(=O)C[NH2+][C@@H](C)c2ccc(F)c(F)c2)cc1. The molecule has 0 aliphatic carbocycles. The topological polar surface area (TPSA) is 72.0 Å². The molecule has 0 aromatic heterocycles. The minimum absolute atomic E-state index is 0.153. The first kappa shape index (κ1) is 19.5. The molecule has 0 saturated heterocycles. The van der Waals surface area contributed by atoms with Crippen LogP contribution < -0.4 is 10.6 Å². The van der Waals surface area contributed by atoms with Crippen LogP contribution in [0, 0.1) is 11.6 Å². The Balaban J connectivity index is 1.79. The van der Waals surface area contributed by atoms with Crippen LogP contribution >= 0.6 is 0 Å². The zero-order valence-corrected chi connectivity index (χ0v) is 14.6. The van der Waals surface area contributed by atoms with Gasteiger partial charge in [-0.2, -0.15) is 0 Å². The Labute approximate surface area is 150 Å². The van der Waals surface area contributed by atoms with Crippen molar-refractivity contribution in [1.29, 1.82) is 0 Å². The molecule has 7 heteroatoms. The summed E-state index contributed by atoms with van der Waals surface area (Å²) >= 11 is 0. The van der Waals surface area contributed by atoms with E-state index in [4.69, 9.17) is 0 Å². The second kappa shape index (κ2) is 9.05. The van der Waals surface area contributed by atoms with Gasteiger partial charge in [0.1, 0.15) is 6.04 Å². The summed E-state index contributed by atoms with van der Waals surface area (Å²) in [5.41, 5.74) is 1.89. The van der Waals surface area contributed by atoms with Gasteiger partial charge in [0.2, 0.25) is 0 Å². The lowest BCUT2D eigenvalue weighted by atomic mass is 10.1. The highest BCUT2D eigenvalue weighted by Crippen LogP contribution is 2.13. The first-order valence-corrected chi connectivity index (χ1v) is 8.13. The van der Waals surface area contributed by atoms with Crippen molar-refractivity contribution in [3.63, 3.8) is 0 Å². The Morgan fingerprint density at radius 2 is 1.81 bits per heavy atom. The Bertz CT molecular complexity index is 779. The predicted octanol–water partition coefficient (Wildman–Crippen LogP) is 1.69. The number of carbonyl (C=O) groups excluding carboxylic acids is 2. The van der Waals surface area contributed by atoms with Crippen LogP contribution in [0.4, 0.5) is 8.78 Å². The quantitative estimate of drug-likeness (QED) is 0.736. The van der Waals surface area contributed by atoms with Crippen LogP contribution in [0.25, 0.3) is 0 Å². The van der Waals surface area contributed by atoms with E-state index in [1.807, 2.05) is 6.92 Å². The van der Waals surface area contributed by atoms with Crippen molar-refractivity contribution in [2.45, 2.75) is 19.5 Å². The van der Waals surface area contributed by atoms with E-state index in [1.165, 1.54) is 13.2 Å². The number of nitrogens with one attached hydrogen (secondary N) is 1. The van der Waals surface area contributed by atoms with Gasteiger partial charge in [-0.05, 0) is 42.8 Å². The standard InChI is InChI=1S/C19H20F2N2O3/c1-12(15-7-8-16(20)17(21)9-15)22-11-18(24)23-10-13-3-5-14(6-4-13)19(25)26-2/h3-9,12,22H,10-11H2,1-2H3,(H,23,24)/p+1/t12-/m0/s1. The second-order valence-corrected chi connectivity index (χ2v) is 5.87. The van der Waals surface area contributed by atoms with Crippen LogP contribution in [0.5, 0.6) is 0 Å². The number of halogens is 2. The normalized spacial score (nSPS) is 11.7. The molecular weight excluding hydrogens is 342 g/mol. The van der Waals surface area contributed by atoms with Crippen molar-refractivity contribution in [1.82, 2.24) is 5.32 Å². The maximum atomic E-state index is 13.3. The first-order valence-electron chi connectivity index (χ1n) is 8.13. The van der Waals surface area contributed by atoms with Gasteiger partial charge in [-0.15, -0.1) is 0 Å². The van der Waals surface area contributed by atoms with Gasteiger partial charge in [-0.25, -0.2) is 13.6 Å². The van der Waals surface area contributed by atoms with Crippen LogP contribution in [0.15, 0.2) is 42.5 Å². The van der Waals surface area contributed by atoms with Crippen LogP contribution in [-0.4, -0.2) is 25.5 Å². The van der Waals surface area contributed by atoms with Crippen LogP contribution in [0.3, 0.4) is 0 Å². The molecule has 3 N–H and O–H groups in total. The van der Waals surface area contributed by atoms with Gasteiger partial charge >= 0.3 is 5.97 Å². The number of nitrogens with two attached hydrogens (primary N) is 1. The number of rotatable bonds is 7. The summed E-state index contributed by atoms with van der Waals surface area (Å²) in [6.45, 7) is 2.29. The Morgan fingerprint density at radius 3 is 2.42 bits per heavy atom. The van der Waals surface area contributed by atoms with E-state index >= 15 is 0 Å². The molecule has 1 amide bonds. The molecule has 0 unspecified atom stereocenters. The highest BCUT2D eigenvalue weighted by atomic mass is 19.2. The van der Waals surface area contributed by atoms with E-state index in [-0.39, 0.29) is 18.5 Å². The van der Waals surface area contributed by atoms with E-state index in [2.05, 4.69) is 10.1 Å². The Morgan fingerprint density at radius 1 is 1.12 bits per heavy atom. The molecule has 2 aromatic rings. The second-order valence-electron chi connectivity index (χ2n) is 5.87. The van der Waals surface area contributed by atoms with E-state index in [0.717, 1.165) is 17.7 Å². The molecule has 0 aliphatic rings. The molecule has 0 radical (unpaired) electrons. The molecule has 2 rings (SSSR count). The fourth-order valence-electron chi connectivity index (χ4n) is 2.36. The van der Waals surface area contributed by atoms with Crippen molar-refractivity contribution in [3.8, 4) is 0 Å². The smallest absolute Gasteiger partial charge is 0.337 e. The van der Waals surface area contributed by atoms with E-state index in [9.17, 15) is 18.4 Å². The van der Waals surface area contributed by atoms with Crippen LogP contribution in [0.2, 0.25) is 0 Å². The van der Waals surface area contributed by atoms with Gasteiger partial charge in [0.15, 0.2) is 18.2 Å². The van der Waals surface area contributed by atoms with Crippen LogP contribution in [0.1, 0.15) is 34.5 Å². The number of carbonyl (C=O) groups is 2. The summed E-state index contributed by atoms with van der Waals surface area (Å²) in [5.74, 6) is -2.39. The fourth-order valence-corrected chi connectivity index (χ4v) is 2.36. The van der Waals surface area contributed by atoms with Crippen molar-refractivity contribution in [2.24, 2.45) is 0 Å². The summed E-state index contributed by atoms with van der Waals surface area (Å²) in [6, 6.07) is 10.3. The Hall–Kier alpha value is -2.80. The predicted molar refractivity (Wildman–Crippen MR) is 91.2 cm³/mol. The number of amides is 1. The molecule has 5 nitrogen and oxygen atoms in total. The van der Waals surface area contributed by atoms with Gasteiger partial charge in [0.05, 0.1) is 12.7 Å². The lowest BCUT2D eigenvalue weighted by molar-refractivity contribution is -0.682. The van der Waals surface area contributed by atoms with Gasteiger partial charge in [-0.1, -0.05) is 12.1 Å². The maximum absolute atomic E-state index is 13.3. The molecular formula is C19H21F2N2O3+. The molecule has 138 valence electrons. The molecule has 2 aromatic carbocycles. The third kappa shape index (κ3) is 5.35. The summed E-state index contributed by atoms with van der Waals surface area (Å²) < 4.78 is 30.8. The van der Waals surface area contributed by atoms with Crippen molar-refractivity contribution in [2.75, 3.05) is 13.7 Å². The number of benzene rings is 2. The van der Waals surface area contributed by atoms with Gasteiger partial charge in [-0.3, -0.25) is 4.79 Å². The monoisotopic (exact) mass is 363 g/mol. The van der Waals surface area contributed by atoms with E-state index in [1.54, 1.807) is 29.6 Å². The largest absolute Gasteiger partial charge is 0.465 e. The first-order chi connectivity index (χ1) is 12.4.